The normalized spacial score (nSPS) is 20.6. The highest BCUT2D eigenvalue weighted by atomic mass is 16.5. The van der Waals surface area contributed by atoms with Gasteiger partial charge in [0.05, 0.1) is 7.11 Å². The van der Waals surface area contributed by atoms with Crippen molar-refractivity contribution in [3.05, 3.63) is 29.8 Å². The number of hydrogen-bond acceptors (Lipinski definition) is 5. The van der Waals surface area contributed by atoms with E-state index in [2.05, 4.69) is 24.5 Å². The Morgan fingerprint density at radius 1 is 1.11 bits per heavy atom. The standard InChI is InChI=1S/C28H44N4O5/c1-20(2)9-6-11-26(34)32-17-7-10-25(33)30-24(19-22-12-14-23(37-5)15-13-22)28(36)31(4)21(3)27(35)29-16-8-18-32/h12-15,20-21,24H,6-11,16-19H2,1-5H3,(H,29,35)(H,30,33)/t21-,24-/m0/s1. The summed E-state index contributed by atoms with van der Waals surface area (Å²) in [7, 11) is 3.16. The van der Waals surface area contributed by atoms with E-state index in [-0.39, 0.29) is 36.5 Å². The lowest BCUT2D eigenvalue weighted by molar-refractivity contribution is -0.141. The summed E-state index contributed by atoms with van der Waals surface area (Å²) < 4.78 is 5.21. The Hall–Kier alpha value is -3.10. The van der Waals surface area contributed by atoms with Gasteiger partial charge in [-0.1, -0.05) is 32.4 Å². The van der Waals surface area contributed by atoms with Crippen molar-refractivity contribution in [2.75, 3.05) is 33.8 Å². The van der Waals surface area contributed by atoms with Crippen molar-refractivity contribution in [2.45, 2.75) is 77.8 Å². The zero-order valence-electron chi connectivity index (χ0n) is 23.0. The Kier molecular flexibility index (Phi) is 12.4. The van der Waals surface area contributed by atoms with E-state index in [1.165, 1.54) is 4.90 Å². The van der Waals surface area contributed by atoms with Gasteiger partial charge in [-0.15, -0.1) is 0 Å². The molecule has 4 amide bonds. The van der Waals surface area contributed by atoms with Gasteiger partial charge in [0.15, 0.2) is 0 Å². The van der Waals surface area contributed by atoms with Gasteiger partial charge in [-0.05, 0) is 49.8 Å². The highest BCUT2D eigenvalue weighted by molar-refractivity contribution is 5.92. The summed E-state index contributed by atoms with van der Waals surface area (Å²) >= 11 is 0. The van der Waals surface area contributed by atoms with E-state index in [0.717, 1.165) is 18.4 Å². The molecule has 0 unspecified atom stereocenters. The zero-order chi connectivity index (χ0) is 27.4. The van der Waals surface area contributed by atoms with Crippen LogP contribution in [0.25, 0.3) is 0 Å². The molecule has 9 nitrogen and oxygen atoms in total. The number of nitrogens with one attached hydrogen (secondary N) is 2. The number of methoxy groups -OCH3 is 1. The van der Waals surface area contributed by atoms with E-state index in [9.17, 15) is 19.2 Å². The van der Waals surface area contributed by atoms with Gasteiger partial charge >= 0.3 is 0 Å². The van der Waals surface area contributed by atoms with Crippen LogP contribution in [0.3, 0.4) is 0 Å². The van der Waals surface area contributed by atoms with Gasteiger partial charge in [-0.2, -0.15) is 0 Å². The maximum atomic E-state index is 13.4. The molecule has 0 aliphatic carbocycles. The van der Waals surface area contributed by atoms with E-state index in [0.29, 0.717) is 50.6 Å². The molecule has 1 fully saturated rings. The molecular formula is C28H44N4O5. The highest BCUT2D eigenvalue weighted by Crippen LogP contribution is 2.15. The number of rotatable bonds is 7. The molecule has 206 valence electrons. The van der Waals surface area contributed by atoms with E-state index >= 15 is 0 Å². The lowest BCUT2D eigenvalue weighted by Crippen LogP contribution is -2.54. The topological polar surface area (TPSA) is 108 Å². The van der Waals surface area contributed by atoms with Crippen LogP contribution in [0, 0.1) is 5.92 Å². The van der Waals surface area contributed by atoms with Gasteiger partial charge in [0, 0.05) is 45.9 Å². The number of nitrogens with zero attached hydrogens (tertiary/aromatic N) is 2. The van der Waals surface area contributed by atoms with Crippen molar-refractivity contribution in [3.8, 4) is 5.75 Å². The third-order valence-corrected chi connectivity index (χ3v) is 6.80. The summed E-state index contributed by atoms with van der Waals surface area (Å²) in [4.78, 5) is 55.0. The predicted molar refractivity (Wildman–Crippen MR) is 143 cm³/mol. The number of carbonyl (C=O) groups excluding carboxylic acids is 4. The van der Waals surface area contributed by atoms with Crippen LogP contribution in [0.15, 0.2) is 24.3 Å². The second kappa shape index (κ2) is 15.2. The molecule has 2 rings (SSSR count). The van der Waals surface area contributed by atoms with Gasteiger partial charge in [-0.25, -0.2) is 0 Å². The van der Waals surface area contributed by atoms with Crippen LogP contribution in [-0.4, -0.2) is 79.3 Å². The molecule has 0 saturated carbocycles. The largest absolute Gasteiger partial charge is 0.497 e. The van der Waals surface area contributed by atoms with Crippen LogP contribution in [-0.2, 0) is 25.6 Å². The Morgan fingerprint density at radius 3 is 2.43 bits per heavy atom. The minimum Gasteiger partial charge on any atom is -0.497 e. The number of carbonyl (C=O) groups is 4. The van der Waals surface area contributed by atoms with Crippen molar-refractivity contribution in [1.82, 2.24) is 20.4 Å². The third-order valence-electron chi connectivity index (χ3n) is 6.80. The van der Waals surface area contributed by atoms with E-state index in [4.69, 9.17) is 4.74 Å². The molecule has 0 radical (unpaired) electrons. The molecule has 1 aliphatic rings. The average Bonchev–Trinajstić information content (AvgIpc) is 2.87. The predicted octanol–water partition coefficient (Wildman–Crippen LogP) is 2.52. The van der Waals surface area contributed by atoms with Crippen LogP contribution in [0.1, 0.15) is 64.9 Å². The van der Waals surface area contributed by atoms with E-state index in [1.807, 2.05) is 12.1 Å². The van der Waals surface area contributed by atoms with Crippen LogP contribution in [0.2, 0.25) is 0 Å². The lowest BCUT2D eigenvalue weighted by Gasteiger charge is -2.29. The van der Waals surface area contributed by atoms with Gasteiger partial charge in [0.25, 0.3) is 0 Å². The summed E-state index contributed by atoms with van der Waals surface area (Å²) in [5.74, 6) is 0.478. The Labute approximate surface area is 221 Å². The number of ether oxygens (including phenoxy) is 1. The second-order valence-corrected chi connectivity index (χ2v) is 10.2. The summed E-state index contributed by atoms with van der Waals surface area (Å²) in [6.45, 7) is 7.35. The van der Waals surface area contributed by atoms with Crippen molar-refractivity contribution in [1.29, 1.82) is 0 Å². The maximum Gasteiger partial charge on any atom is 0.245 e. The molecule has 1 aromatic carbocycles. The van der Waals surface area contributed by atoms with Crippen LogP contribution >= 0.6 is 0 Å². The number of amides is 4. The lowest BCUT2D eigenvalue weighted by atomic mass is 10.0. The van der Waals surface area contributed by atoms with Crippen LogP contribution < -0.4 is 15.4 Å². The first-order valence-corrected chi connectivity index (χ1v) is 13.4. The van der Waals surface area contributed by atoms with Crippen LogP contribution in [0.5, 0.6) is 5.75 Å². The van der Waals surface area contributed by atoms with Gasteiger partial charge in [0.2, 0.25) is 23.6 Å². The fourth-order valence-electron chi connectivity index (χ4n) is 4.32. The van der Waals surface area contributed by atoms with Gasteiger partial charge in [0.1, 0.15) is 17.8 Å². The van der Waals surface area contributed by atoms with Gasteiger partial charge < -0.3 is 25.2 Å². The molecule has 37 heavy (non-hydrogen) atoms. The molecule has 0 bridgehead atoms. The van der Waals surface area contributed by atoms with Gasteiger partial charge in [-0.3, -0.25) is 19.2 Å². The molecule has 9 heteroatoms. The number of likely N-dealkylation sites (N-methyl/N-ethyl adjacent to an activating group) is 1. The fourth-order valence-corrected chi connectivity index (χ4v) is 4.32. The molecule has 1 aliphatic heterocycles. The molecule has 0 spiro atoms. The molecule has 1 heterocycles. The Balaban J connectivity index is 2.15. The monoisotopic (exact) mass is 516 g/mol. The van der Waals surface area contributed by atoms with E-state index in [1.54, 1.807) is 38.1 Å². The summed E-state index contributed by atoms with van der Waals surface area (Å²) in [6, 6.07) is 5.79. The molecule has 1 saturated heterocycles. The van der Waals surface area contributed by atoms with Crippen molar-refractivity contribution in [2.24, 2.45) is 5.92 Å². The molecule has 1 aromatic rings. The first kappa shape index (κ1) is 30.1. The molecule has 2 N–H and O–H groups in total. The van der Waals surface area contributed by atoms with Crippen molar-refractivity contribution in [3.63, 3.8) is 0 Å². The Bertz CT molecular complexity index is 902. The second-order valence-electron chi connectivity index (χ2n) is 10.2. The molecular weight excluding hydrogens is 472 g/mol. The minimum absolute atomic E-state index is 0.0809. The fraction of sp³-hybridized carbons (Fsp3) is 0.643. The summed E-state index contributed by atoms with van der Waals surface area (Å²) in [6.07, 6.45) is 3.92. The average molecular weight is 517 g/mol. The Morgan fingerprint density at radius 2 is 1.78 bits per heavy atom. The summed E-state index contributed by atoms with van der Waals surface area (Å²) in [5, 5.41) is 5.76. The third kappa shape index (κ3) is 10.1. The SMILES string of the molecule is COc1ccc(C[C@@H]2NC(=O)CCCN(C(=O)CCCC(C)C)CCCNC(=O)[C@H](C)N(C)C2=O)cc1. The maximum absolute atomic E-state index is 13.4. The highest BCUT2D eigenvalue weighted by Gasteiger charge is 2.30. The smallest absolute Gasteiger partial charge is 0.245 e. The van der Waals surface area contributed by atoms with Crippen molar-refractivity contribution >= 4 is 23.6 Å². The zero-order valence-corrected chi connectivity index (χ0v) is 23.0. The molecule has 0 aromatic heterocycles. The first-order chi connectivity index (χ1) is 17.6. The first-order valence-electron chi connectivity index (χ1n) is 13.4. The van der Waals surface area contributed by atoms with E-state index < -0.39 is 12.1 Å². The van der Waals surface area contributed by atoms with Crippen LogP contribution in [0.4, 0.5) is 0 Å². The number of benzene rings is 1. The quantitative estimate of drug-likeness (QED) is 0.579. The molecule has 2 atom stereocenters. The summed E-state index contributed by atoms with van der Waals surface area (Å²) in [5.41, 5.74) is 0.862. The number of hydrogen-bond donors (Lipinski definition) is 2. The van der Waals surface area contributed by atoms with Crippen molar-refractivity contribution < 1.29 is 23.9 Å². The minimum atomic E-state index is -0.819.